The summed E-state index contributed by atoms with van der Waals surface area (Å²) in [6.45, 7) is 8.45. The Labute approximate surface area is 163 Å². The first-order valence-electron chi connectivity index (χ1n) is 9.15. The molecule has 0 radical (unpaired) electrons. The number of nitrogens with one attached hydrogen (secondary N) is 1. The Hall–Kier alpha value is -2.91. The normalized spacial score (nSPS) is 14.1. The van der Waals surface area contributed by atoms with E-state index in [1.165, 1.54) is 5.52 Å². The van der Waals surface area contributed by atoms with Gasteiger partial charge in [0.2, 0.25) is 5.95 Å². The largest absolute Gasteiger partial charge is 0.478 e. The number of piperazine rings is 1. The van der Waals surface area contributed by atoms with Crippen LogP contribution in [0.5, 0.6) is 0 Å². The first kappa shape index (κ1) is 21.4. The van der Waals surface area contributed by atoms with Gasteiger partial charge >= 0.3 is 11.9 Å². The lowest BCUT2D eigenvalue weighted by Gasteiger charge is -2.28. The van der Waals surface area contributed by atoms with Crippen molar-refractivity contribution >= 4 is 28.9 Å². The number of imidazole rings is 1. The summed E-state index contributed by atoms with van der Waals surface area (Å²) in [7, 11) is 0. The van der Waals surface area contributed by atoms with Crippen molar-refractivity contribution in [3.63, 3.8) is 0 Å². The molecule has 0 aliphatic carbocycles. The summed E-state index contributed by atoms with van der Waals surface area (Å²) in [5.41, 5.74) is 2.26. The standard InChI is InChI=1S/C15H22N4O.C4H4O4/c1-2-20-12-11-19-14-6-4-3-5-13(14)17-15(19)18-9-7-16-8-10-18;5-3(6)1-2-4(7)8/h3-6,16H,2,7-12H2,1H3;1-2H,(H,5,6)(H,7,8)/b;2-1+. The van der Waals surface area contributed by atoms with Gasteiger partial charge in [-0.3, -0.25) is 0 Å². The van der Waals surface area contributed by atoms with Crippen LogP contribution >= 0.6 is 0 Å². The van der Waals surface area contributed by atoms with Crippen LogP contribution in [-0.2, 0) is 20.9 Å². The summed E-state index contributed by atoms with van der Waals surface area (Å²) in [4.78, 5) is 26.3. The van der Waals surface area contributed by atoms with Crippen LogP contribution in [0.1, 0.15) is 6.92 Å². The van der Waals surface area contributed by atoms with Crippen LogP contribution in [0, 0.1) is 0 Å². The Morgan fingerprint density at radius 3 is 2.43 bits per heavy atom. The van der Waals surface area contributed by atoms with Crippen molar-refractivity contribution in [2.45, 2.75) is 13.5 Å². The number of aromatic nitrogens is 2. The molecule has 2 aromatic rings. The molecule has 1 aromatic heterocycles. The molecular weight excluding hydrogens is 364 g/mol. The maximum atomic E-state index is 9.55. The monoisotopic (exact) mass is 390 g/mol. The molecule has 28 heavy (non-hydrogen) atoms. The smallest absolute Gasteiger partial charge is 0.328 e. The molecule has 1 aliphatic rings. The molecule has 152 valence electrons. The average Bonchev–Trinajstić information content (AvgIpc) is 3.07. The molecule has 0 unspecified atom stereocenters. The van der Waals surface area contributed by atoms with Crippen molar-refractivity contribution in [2.75, 3.05) is 44.3 Å². The summed E-state index contributed by atoms with van der Waals surface area (Å²) in [5.74, 6) is -1.44. The summed E-state index contributed by atoms with van der Waals surface area (Å²) < 4.78 is 7.81. The van der Waals surface area contributed by atoms with E-state index in [0.29, 0.717) is 12.2 Å². The van der Waals surface area contributed by atoms with Crippen molar-refractivity contribution in [1.82, 2.24) is 14.9 Å². The lowest BCUT2D eigenvalue weighted by atomic mass is 10.3. The van der Waals surface area contributed by atoms with E-state index in [1.807, 2.05) is 13.0 Å². The Morgan fingerprint density at radius 1 is 1.18 bits per heavy atom. The van der Waals surface area contributed by atoms with Crippen molar-refractivity contribution in [1.29, 1.82) is 0 Å². The van der Waals surface area contributed by atoms with Gasteiger partial charge in [-0.2, -0.15) is 0 Å². The molecule has 3 N–H and O–H groups in total. The molecule has 0 saturated carbocycles. The van der Waals surface area contributed by atoms with Gasteiger partial charge in [-0.25, -0.2) is 14.6 Å². The van der Waals surface area contributed by atoms with Gasteiger partial charge in [0.1, 0.15) is 0 Å². The summed E-state index contributed by atoms with van der Waals surface area (Å²) in [6.07, 6.45) is 1.12. The maximum Gasteiger partial charge on any atom is 0.328 e. The number of aliphatic carboxylic acids is 2. The number of hydrogen-bond acceptors (Lipinski definition) is 6. The second-order valence-electron chi connectivity index (χ2n) is 6.00. The number of fused-ring (bicyclic) bond motifs is 1. The molecule has 1 aromatic carbocycles. The van der Waals surface area contributed by atoms with Gasteiger partial charge < -0.3 is 29.7 Å². The van der Waals surface area contributed by atoms with Crippen LogP contribution < -0.4 is 10.2 Å². The van der Waals surface area contributed by atoms with Crippen molar-refractivity contribution in [2.24, 2.45) is 0 Å². The Kier molecular flexibility index (Phi) is 8.44. The van der Waals surface area contributed by atoms with Crippen LogP contribution in [-0.4, -0.2) is 71.1 Å². The van der Waals surface area contributed by atoms with Crippen molar-refractivity contribution < 1.29 is 24.5 Å². The quantitative estimate of drug-likeness (QED) is 0.477. The predicted octanol–water partition coefficient (Wildman–Crippen LogP) is 1.19. The molecule has 0 bridgehead atoms. The number of para-hydroxylation sites is 2. The topological polar surface area (TPSA) is 117 Å². The van der Waals surface area contributed by atoms with Gasteiger partial charge in [-0.15, -0.1) is 0 Å². The maximum absolute atomic E-state index is 9.55. The molecule has 9 heteroatoms. The Balaban J connectivity index is 0.000000300. The zero-order valence-electron chi connectivity index (χ0n) is 15.9. The second-order valence-corrected chi connectivity index (χ2v) is 6.00. The third-order valence-corrected chi connectivity index (χ3v) is 4.07. The highest BCUT2D eigenvalue weighted by atomic mass is 16.5. The Morgan fingerprint density at radius 2 is 1.82 bits per heavy atom. The summed E-state index contributed by atoms with van der Waals surface area (Å²) in [5, 5.41) is 19.0. The van der Waals surface area contributed by atoms with Crippen LogP contribution in [0.25, 0.3) is 11.0 Å². The van der Waals surface area contributed by atoms with E-state index in [2.05, 4.69) is 33.0 Å². The fourth-order valence-electron chi connectivity index (χ4n) is 2.83. The molecule has 1 saturated heterocycles. The molecule has 0 spiro atoms. The molecule has 1 fully saturated rings. The molecule has 0 amide bonds. The number of rotatable bonds is 7. The van der Waals surface area contributed by atoms with Crippen molar-refractivity contribution in [3.05, 3.63) is 36.4 Å². The van der Waals surface area contributed by atoms with Gasteiger partial charge in [-0.1, -0.05) is 12.1 Å². The zero-order valence-corrected chi connectivity index (χ0v) is 15.9. The first-order valence-corrected chi connectivity index (χ1v) is 9.15. The summed E-state index contributed by atoms with van der Waals surface area (Å²) >= 11 is 0. The van der Waals surface area contributed by atoms with E-state index in [9.17, 15) is 9.59 Å². The van der Waals surface area contributed by atoms with E-state index in [4.69, 9.17) is 19.9 Å². The van der Waals surface area contributed by atoms with E-state index in [-0.39, 0.29) is 0 Å². The highest BCUT2D eigenvalue weighted by Crippen LogP contribution is 2.22. The molecular formula is C19H26N4O5. The number of ether oxygens (including phenoxy) is 1. The van der Waals surface area contributed by atoms with E-state index in [0.717, 1.165) is 57.4 Å². The lowest BCUT2D eigenvalue weighted by Crippen LogP contribution is -2.44. The highest BCUT2D eigenvalue weighted by Gasteiger charge is 2.18. The molecule has 0 atom stereocenters. The number of hydrogen-bond donors (Lipinski definition) is 3. The van der Waals surface area contributed by atoms with Crippen LogP contribution in [0.4, 0.5) is 5.95 Å². The Bertz CT molecular complexity index is 796. The van der Waals surface area contributed by atoms with Gasteiger partial charge in [0.15, 0.2) is 0 Å². The first-order chi connectivity index (χ1) is 13.5. The van der Waals surface area contributed by atoms with E-state index >= 15 is 0 Å². The number of anilines is 1. The fourth-order valence-corrected chi connectivity index (χ4v) is 2.83. The van der Waals surface area contributed by atoms with Crippen LogP contribution in [0.15, 0.2) is 36.4 Å². The molecule has 2 heterocycles. The number of carbonyl (C=O) groups is 2. The number of carboxylic acids is 2. The zero-order chi connectivity index (χ0) is 20.4. The number of carboxylic acid groups (broad SMARTS) is 2. The number of benzene rings is 1. The molecule has 1 aliphatic heterocycles. The van der Waals surface area contributed by atoms with Gasteiger partial charge in [-0.05, 0) is 19.1 Å². The van der Waals surface area contributed by atoms with E-state index in [1.54, 1.807) is 0 Å². The van der Waals surface area contributed by atoms with Crippen molar-refractivity contribution in [3.8, 4) is 0 Å². The molecule has 9 nitrogen and oxygen atoms in total. The summed E-state index contributed by atoms with van der Waals surface area (Å²) in [6, 6.07) is 8.34. The second kappa shape index (κ2) is 11.1. The molecule has 3 rings (SSSR count). The minimum atomic E-state index is -1.26. The third-order valence-electron chi connectivity index (χ3n) is 4.07. The number of nitrogens with zero attached hydrogens (tertiary/aromatic N) is 3. The van der Waals surface area contributed by atoms with Gasteiger partial charge in [0, 0.05) is 51.5 Å². The van der Waals surface area contributed by atoms with Gasteiger partial charge in [0.25, 0.3) is 0 Å². The third kappa shape index (κ3) is 6.36. The minimum absolute atomic E-state index is 0.558. The predicted molar refractivity (Wildman–Crippen MR) is 106 cm³/mol. The van der Waals surface area contributed by atoms with Crippen LogP contribution in [0.2, 0.25) is 0 Å². The highest BCUT2D eigenvalue weighted by molar-refractivity contribution is 5.89. The average molecular weight is 390 g/mol. The van der Waals surface area contributed by atoms with Crippen LogP contribution in [0.3, 0.4) is 0 Å². The van der Waals surface area contributed by atoms with Gasteiger partial charge in [0.05, 0.1) is 17.6 Å². The minimum Gasteiger partial charge on any atom is -0.478 e. The fraction of sp³-hybridized carbons (Fsp3) is 0.421. The SMILES string of the molecule is CCOCCn1c(N2CCNCC2)nc2ccccc21.O=C(O)/C=C/C(=O)O. The van der Waals surface area contributed by atoms with E-state index < -0.39 is 11.9 Å². The lowest BCUT2D eigenvalue weighted by molar-refractivity contribution is -0.134.